The molecule has 0 unspecified atom stereocenters. The van der Waals surface area contributed by atoms with Crippen molar-refractivity contribution in [3.05, 3.63) is 83.4 Å². The number of carbonyl (C=O) groups excluding carboxylic acids is 1. The molecule has 0 atom stereocenters. The highest BCUT2D eigenvalue weighted by molar-refractivity contribution is 5.93. The maximum Gasteiger partial charge on any atom is 0.257 e. The molecule has 0 spiro atoms. The summed E-state index contributed by atoms with van der Waals surface area (Å²) in [6.45, 7) is 2.44. The van der Waals surface area contributed by atoms with Crippen LogP contribution in [0.3, 0.4) is 0 Å². The van der Waals surface area contributed by atoms with Crippen LogP contribution in [0.4, 0.5) is 4.39 Å². The molecular weight excluding hydrogens is 333 g/mol. The van der Waals surface area contributed by atoms with Gasteiger partial charge in [0, 0.05) is 19.3 Å². The van der Waals surface area contributed by atoms with Crippen LogP contribution in [-0.4, -0.2) is 38.8 Å². The van der Waals surface area contributed by atoms with Crippen molar-refractivity contribution in [1.82, 2.24) is 14.7 Å². The molecule has 0 fully saturated rings. The summed E-state index contributed by atoms with van der Waals surface area (Å²) in [5.41, 5.74) is 2.73. The van der Waals surface area contributed by atoms with E-state index in [0.717, 1.165) is 11.1 Å². The van der Waals surface area contributed by atoms with Gasteiger partial charge >= 0.3 is 0 Å². The Labute approximate surface area is 151 Å². The monoisotopic (exact) mass is 353 g/mol. The van der Waals surface area contributed by atoms with Crippen molar-refractivity contribution < 1.29 is 14.3 Å². The third-order valence-corrected chi connectivity index (χ3v) is 4.08. The Morgan fingerprint density at radius 3 is 2.62 bits per heavy atom. The SMILES string of the molecule is Cc1ccc(CN(CCO)C(=O)c2cnn(-c3ccccc3F)c2)cc1. The minimum absolute atomic E-state index is 0.140. The summed E-state index contributed by atoms with van der Waals surface area (Å²) in [4.78, 5) is 14.4. The summed E-state index contributed by atoms with van der Waals surface area (Å²) in [5.74, 6) is -0.677. The molecule has 0 aliphatic carbocycles. The lowest BCUT2D eigenvalue weighted by Crippen LogP contribution is -2.32. The second-order valence-electron chi connectivity index (χ2n) is 6.06. The molecule has 1 N–H and O–H groups in total. The number of halogens is 1. The van der Waals surface area contributed by atoms with Gasteiger partial charge in [-0.3, -0.25) is 4.79 Å². The topological polar surface area (TPSA) is 58.4 Å². The zero-order chi connectivity index (χ0) is 18.5. The van der Waals surface area contributed by atoms with Crippen LogP contribution in [0.5, 0.6) is 0 Å². The zero-order valence-corrected chi connectivity index (χ0v) is 14.5. The fourth-order valence-electron chi connectivity index (χ4n) is 2.67. The van der Waals surface area contributed by atoms with Gasteiger partial charge in [0.05, 0.1) is 18.4 Å². The lowest BCUT2D eigenvalue weighted by Gasteiger charge is -2.21. The van der Waals surface area contributed by atoms with Crippen LogP contribution < -0.4 is 0 Å². The summed E-state index contributed by atoms with van der Waals surface area (Å²) in [5, 5.41) is 13.4. The number of carbonyl (C=O) groups is 1. The van der Waals surface area contributed by atoms with Crippen LogP contribution >= 0.6 is 0 Å². The Kier molecular flexibility index (Phi) is 5.43. The molecule has 0 aliphatic rings. The van der Waals surface area contributed by atoms with Crippen LogP contribution in [0.15, 0.2) is 60.9 Å². The summed E-state index contributed by atoms with van der Waals surface area (Å²) in [6.07, 6.45) is 2.91. The first-order valence-corrected chi connectivity index (χ1v) is 8.34. The van der Waals surface area contributed by atoms with Gasteiger partial charge < -0.3 is 10.0 Å². The number of para-hydroxylation sites is 1. The number of aryl methyl sites for hydroxylation is 1. The van der Waals surface area contributed by atoms with E-state index in [-0.39, 0.29) is 24.7 Å². The number of benzene rings is 2. The summed E-state index contributed by atoms with van der Waals surface area (Å²) >= 11 is 0. The van der Waals surface area contributed by atoms with Gasteiger partial charge in [0.25, 0.3) is 5.91 Å². The maximum atomic E-state index is 13.9. The van der Waals surface area contributed by atoms with Gasteiger partial charge in [-0.1, -0.05) is 42.0 Å². The number of hydrogen-bond donors (Lipinski definition) is 1. The molecule has 0 saturated carbocycles. The van der Waals surface area contributed by atoms with Crippen LogP contribution in [0.2, 0.25) is 0 Å². The molecular formula is C20H20FN3O2. The number of aliphatic hydroxyl groups excluding tert-OH is 1. The maximum absolute atomic E-state index is 13.9. The highest BCUT2D eigenvalue weighted by Gasteiger charge is 2.18. The standard InChI is InChI=1S/C20H20FN3O2/c1-15-6-8-16(9-7-15)13-23(10-11-25)20(26)17-12-22-24(14-17)19-5-3-2-4-18(19)21/h2-9,12,14,25H,10-11,13H2,1H3. The van der Waals surface area contributed by atoms with Crippen LogP contribution in [-0.2, 0) is 6.54 Å². The van der Waals surface area contributed by atoms with Gasteiger partial charge in [0.2, 0.25) is 0 Å². The second kappa shape index (κ2) is 7.93. The molecule has 0 aliphatic heterocycles. The quantitative estimate of drug-likeness (QED) is 0.741. The Bertz CT molecular complexity index is 890. The van der Waals surface area contributed by atoms with Crippen LogP contribution in [0.1, 0.15) is 21.5 Å². The number of aliphatic hydroxyl groups is 1. The number of hydrogen-bond acceptors (Lipinski definition) is 3. The molecule has 0 radical (unpaired) electrons. The molecule has 6 heteroatoms. The van der Waals surface area contributed by atoms with E-state index in [2.05, 4.69) is 5.10 Å². The molecule has 26 heavy (non-hydrogen) atoms. The third kappa shape index (κ3) is 3.97. The van der Waals surface area contributed by atoms with E-state index in [0.29, 0.717) is 12.1 Å². The van der Waals surface area contributed by atoms with Crippen molar-refractivity contribution in [1.29, 1.82) is 0 Å². The van der Waals surface area contributed by atoms with Gasteiger partial charge in [-0.2, -0.15) is 5.10 Å². The number of nitrogens with zero attached hydrogens (tertiary/aromatic N) is 3. The predicted molar refractivity (Wildman–Crippen MR) is 96.5 cm³/mol. The fourth-order valence-corrected chi connectivity index (χ4v) is 2.67. The van der Waals surface area contributed by atoms with Crippen molar-refractivity contribution in [3.8, 4) is 5.69 Å². The second-order valence-corrected chi connectivity index (χ2v) is 6.06. The molecule has 1 heterocycles. The Morgan fingerprint density at radius 2 is 1.92 bits per heavy atom. The first-order chi connectivity index (χ1) is 12.6. The summed E-state index contributed by atoms with van der Waals surface area (Å²) in [7, 11) is 0. The van der Waals surface area contributed by atoms with Gasteiger partial charge in [0.15, 0.2) is 0 Å². The molecule has 2 aromatic carbocycles. The zero-order valence-electron chi connectivity index (χ0n) is 14.5. The number of rotatable bonds is 6. The highest BCUT2D eigenvalue weighted by atomic mass is 19.1. The van der Waals surface area contributed by atoms with Crippen LogP contribution in [0.25, 0.3) is 5.69 Å². The van der Waals surface area contributed by atoms with Crippen molar-refractivity contribution in [2.24, 2.45) is 0 Å². The minimum atomic E-state index is -0.415. The van der Waals surface area contributed by atoms with Gasteiger partial charge in [0.1, 0.15) is 11.5 Å². The Balaban J connectivity index is 1.81. The van der Waals surface area contributed by atoms with E-state index in [1.807, 2.05) is 31.2 Å². The van der Waals surface area contributed by atoms with Gasteiger partial charge in [-0.25, -0.2) is 9.07 Å². The average Bonchev–Trinajstić information content (AvgIpc) is 3.13. The highest BCUT2D eigenvalue weighted by Crippen LogP contribution is 2.15. The smallest absolute Gasteiger partial charge is 0.257 e. The van der Waals surface area contributed by atoms with Gasteiger partial charge in [-0.15, -0.1) is 0 Å². The van der Waals surface area contributed by atoms with E-state index < -0.39 is 5.82 Å². The molecule has 0 saturated heterocycles. The third-order valence-electron chi connectivity index (χ3n) is 4.08. The first-order valence-electron chi connectivity index (χ1n) is 8.34. The normalized spacial score (nSPS) is 10.7. The van der Waals surface area contributed by atoms with Crippen molar-refractivity contribution in [2.45, 2.75) is 13.5 Å². The molecule has 0 bridgehead atoms. The Morgan fingerprint density at radius 1 is 1.19 bits per heavy atom. The molecule has 134 valence electrons. The van der Waals surface area contributed by atoms with Gasteiger partial charge in [-0.05, 0) is 24.6 Å². The predicted octanol–water partition coefficient (Wildman–Crippen LogP) is 2.95. The van der Waals surface area contributed by atoms with E-state index in [9.17, 15) is 14.3 Å². The first kappa shape index (κ1) is 17.8. The molecule has 5 nitrogen and oxygen atoms in total. The fraction of sp³-hybridized carbons (Fsp3) is 0.200. The van der Waals surface area contributed by atoms with E-state index in [1.54, 1.807) is 23.1 Å². The Hall–Kier alpha value is -2.99. The molecule has 3 rings (SSSR count). The number of aromatic nitrogens is 2. The molecule has 3 aromatic rings. The van der Waals surface area contributed by atoms with Crippen molar-refractivity contribution in [2.75, 3.05) is 13.2 Å². The molecule has 1 aromatic heterocycles. The largest absolute Gasteiger partial charge is 0.395 e. The summed E-state index contributed by atoms with van der Waals surface area (Å²) in [6, 6.07) is 14.1. The van der Waals surface area contributed by atoms with Crippen molar-refractivity contribution >= 4 is 5.91 Å². The van der Waals surface area contributed by atoms with E-state index in [1.165, 1.54) is 23.1 Å². The lowest BCUT2D eigenvalue weighted by molar-refractivity contribution is 0.0708. The minimum Gasteiger partial charge on any atom is -0.395 e. The molecule has 1 amide bonds. The van der Waals surface area contributed by atoms with E-state index >= 15 is 0 Å². The lowest BCUT2D eigenvalue weighted by atomic mass is 10.1. The van der Waals surface area contributed by atoms with Crippen LogP contribution in [0, 0.1) is 12.7 Å². The average molecular weight is 353 g/mol. The number of amides is 1. The van der Waals surface area contributed by atoms with Crippen molar-refractivity contribution in [3.63, 3.8) is 0 Å². The summed E-state index contributed by atoms with van der Waals surface area (Å²) < 4.78 is 15.2. The van der Waals surface area contributed by atoms with E-state index in [4.69, 9.17) is 0 Å².